The molecule has 0 aromatic carbocycles. The Hall–Kier alpha value is -0.790. The van der Waals surface area contributed by atoms with Crippen molar-refractivity contribution in [3.63, 3.8) is 0 Å². The maximum absolute atomic E-state index is 2.47. The van der Waals surface area contributed by atoms with E-state index in [0.717, 1.165) is 6.42 Å². The van der Waals surface area contributed by atoms with Crippen molar-refractivity contribution >= 4 is 0 Å². The molecule has 0 spiro atoms. The zero-order valence-corrected chi connectivity index (χ0v) is 17.7. The highest BCUT2D eigenvalue weighted by Gasteiger charge is 2.16. The number of aromatic nitrogens is 2. The van der Waals surface area contributed by atoms with Crippen molar-refractivity contribution in [3.05, 3.63) is 18.2 Å². The fourth-order valence-corrected chi connectivity index (χ4v) is 3.83. The van der Waals surface area contributed by atoms with E-state index in [1.54, 1.807) is 0 Å². The van der Waals surface area contributed by atoms with Crippen molar-refractivity contribution < 1.29 is 4.57 Å². The van der Waals surface area contributed by atoms with Crippen molar-refractivity contribution in [2.75, 3.05) is 0 Å². The molecule has 1 rings (SSSR count). The summed E-state index contributed by atoms with van der Waals surface area (Å²) < 4.78 is 4.89. The van der Waals surface area contributed by atoms with Crippen molar-refractivity contribution in [1.82, 2.24) is 4.57 Å². The molecule has 25 heavy (non-hydrogen) atoms. The molecule has 1 heterocycles. The van der Waals surface area contributed by atoms with Crippen LogP contribution in [0.3, 0.4) is 0 Å². The third-order valence-electron chi connectivity index (χ3n) is 5.41. The fourth-order valence-electron chi connectivity index (χ4n) is 3.83. The SMILES string of the molecule is CCCCCCCCCCCCCCC[n+]1ccn(C(C)C)c1CC. The second kappa shape index (κ2) is 14.4. The molecular formula is C23H45N2+. The van der Waals surface area contributed by atoms with E-state index in [1.807, 2.05) is 0 Å². The Bertz CT molecular complexity index is 420. The third-order valence-corrected chi connectivity index (χ3v) is 5.41. The van der Waals surface area contributed by atoms with Crippen molar-refractivity contribution in [3.8, 4) is 0 Å². The Balaban J connectivity index is 1.97. The largest absolute Gasteiger partial charge is 0.256 e. The van der Waals surface area contributed by atoms with E-state index in [2.05, 4.69) is 49.2 Å². The van der Waals surface area contributed by atoms with Crippen LogP contribution in [0.2, 0.25) is 0 Å². The Morgan fingerprint density at radius 1 is 0.760 bits per heavy atom. The molecular weight excluding hydrogens is 304 g/mol. The van der Waals surface area contributed by atoms with Gasteiger partial charge in [0.05, 0.1) is 12.6 Å². The van der Waals surface area contributed by atoms with E-state index < -0.39 is 0 Å². The van der Waals surface area contributed by atoms with Crippen LogP contribution < -0.4 is 4.57 Å². The van der Waals surface area contributed by atoms with Crippen LogP contribution in [0.25, 0.3) is 0 Å². The van der Waals surface area contributed by atoms with Gasteiger partial charge in [-0.15, -0.1) is 0 Å². The van der Waals surface area contributed by atoms with E-state index in [0.29, 0.717) is 6.04 Å². The van der Waals surface area contributed by atoms with Crippen LogP contribution >= 0.6 is 0 Å². The van der Waals surface area contributed by atoms with E-state index in [-0.39, 0.29) is 0 Å². The number of nitrogens with zero attached hydrogens (tertiary/aromatic N) is 2. The highest BCUT2D eigenvalue weighted by molar-refractivity contribution is 4.85. The molecule has 1 aromatic heterocycles. The van der Waals surface area contributed by atoms with Gasteiger partial charge in [-0.05, 0) is 26.7 Å². The Kier molecular flexibility index (Phi) is 12.8. The highest BCUT2D eigenvalue weighted by atomic mass is 15.2. The summed E-state index contributed by atoms with van der Waals surface area (Å²) in [5.74, 6) is 1.48. The molecule has 0 N–H and O–H groups in total. The summed E-state index contributed by atoms with van der Waals surface area (Å²) >= 11 is 0. The zero-order chi connectivity index (χ0) is 18.3. The van der Waals surface area contributed by atoms with E-state index in [9.17, 15) is 0 Å². The molecule has 146 valence electrons. The predicted octanol–water partition coefficient (Wildman–Crippen LogP) is 7.01. The maximum Gasteiger partial charge on any atom is 0.256 e. The summed E-state index contributed by atoms with van der Waals surface area (Å²) in [6, 6.07) is 0.572. The second-order valence-electron chi connectivity index (χ2n) is 8.00. The number of rotatable bonds is 16. The number of aryl methyl sites for hydroxylation is 1. The topological polar surface area (TPSA) is 8.81 Å². The molecule has 2 heteroatoms. The van der Waals surface area contributed by atoms with E-state index >= 15 is 0 Å². The average molecular weight is 350 g/mol. The Labute approximate surface area is 158 Å². The first-order chi connectivity index (χ1) is 12.2. The van der Waals surface area contributed by atoms with Crippen molar-refractivity contribution in [2.45, 2.75) is 130 Å². The number of unbranched alkanes of at least 4 members (excludes halogenated alkanes) is 12. The van der Waals surface area contributed by atoms with Gasteiger partial charge in [-0.2, -0.15) is 0 Å². The average Bonchev–Trinajstić information content (AvgIpc) is 3.02. The summed E-state index contributed by atoms with van der Waals surface area (Å²) in [4.78, 5) is 0. The summed E-state index contributed by atoms with van der Waals surface area (Å²) in [5, 5.41) is 0. The molecule has 0 amide bonds. The standard InChI is InChI=1S/C23H45N2/c1-5-7-8-9-10-11-12-13-14-15-16-17-18-19-24-20-21-25(22(3)4)23(24)6-2/h20-22H,5-19H2,1-4H3/q+1. The molecule has 0 aliphatic rings. The highest BCUT2D eigenvalue weighted by Crippen LogP contribution is 2.13. The molecule has 0 aliphatic heterocycles. The molecule has 0 saturated heterocycles. The fraction of sp³-hybridized carbons (Fsp3) is 0.870. The van der Waals surface area contributed by atoms with Gasteiger partial charge >= 0.3 is 0 Å². The van der Waals surface area contributed by atoms with E-state index in [4.69, 9.17) is 0 Å². The summed E-state index contributed by atoms with van der Waals surface area (Å²) in [6.07, 6.45) is 24.3. The molecule has 0 aliphatic carbocycles. The van der Waals surface area contributed by atoms with Gasteiger partial charge in [-0.3, -0.25) is 0 Å². The zero-order valence-electron chi connectivity index (χ0n) is 17.7. The van der Waals surface area contributed by atoms with Gasteiger partial charge in [0.25, 0.3) is 5.82 Å². The third kappa shape index (κ3) is 9.47. The minimum absolute atomic E-state index is 0.572. The number of hydrogen-bond acceptors (Lipinski definition) is 0. The lowest BCUT2D eigenvalue weighted by atomic mass is 10.0. The van der Waals surface area contributed by atoms with Crippen LogP contribution in [0, 0.1) is 0 Å². The Morgan fingerprint density at radius 2 is 1.24 bits per heavy atom. The van der Waals surface area contributed by atoms with Gasteiger partial charge in [0, 0.05) is 6.42 Å². The van der Waals surface area contributed by atoms with Gasteiger partial charge in [0.1, 0.15) is 12.4 Å². The minimum Gasteiger partial charge on any atom is -0.234 e. The molecule has 2 nitrogen and oxygen atoms in total. The van der Waals surface area contributed by atoms with Crippen LogP contribution in [-0.4, -0.2) is 4.57 Å². The number of hydrogen-bond donors (Lipinski definition) is 0. The predicted molar refractivity (Wildman–Crippen MR) is 110 cm³/mol. The molecule has 0 atom stereocenters. The molecule has 0 saturated carbocycles. The minimum atomic E-state index is 0.572. The molecule has 0 unspecified atom stereocenters. The van der Waals surface area contributed by atoms with Gasteiger partial charge < -0.3 is 0 Å². The number of imidazole rings is 1. The first-order valence-corrected chi connectivity index (χ1v) is 11.3. The van der Waals surface area contributed by atoms with Gasteiger partial charge in [0.15, 0.2) is 0 Å². The second-order valence-corrected chi connectivity index (χ2v) is 8.00. The molecule has 0 fully saturated rings. The molecule has 0 bridgehead atoms. The normalized spacial score (nSPS) is 11.6. The first-order valence-electron chi connectivity index (χ1n) is 11.3. The molecule has 1 aromatic rings. The summed E-state index contributed by atoms with van der Waals surface area (Å²) in [5.41, 5.74) is 0. The van der Waals surface area contributed by atoms with Crippen LogP contribution in [0.15, 0.2) is 12.4 Å². The van der Waals surface area contributed by atoms with Gasteiger partial charge in [-0.1, -0.05) is 84.5 Å². The van der Waals surface area contributed by atoms with Gasteiger partial charge in [-0.25, -0.2) is 9.13 Å². The van der Waals surface area contributed by atoms with Crippen LogP contribution in [0.4, 0.5) is 0 Å². The van der Waals surface area contributed by atoms with E-state index in [1.165, 1.54) is 95.8 Å². The van der Waals surface area contributed by atoms with Crippen LogP contribution in [0.5, 0.6) is 0 Å². The summed E-state index contributed by atoms with van der Waals surface area (Å²) in [6.45, 7) is 10.3. The molecule has 0 radical (unpaired) electrons. The van der Waals surface area contributed by atoms with Gasteiger partial charge in [0.2, 0.25) is 0 Å². The smallest absolute Gasteiger partial charge is 0.234 e. The van der Waals surface area contributed by atoms with Crippen LogP contribution in [-0.2, 0) is 13.0 Å². The summed E-state index contributed by atoms with van der Waals surface area (Å²) in [7, 11) is 0. The monoisotopic (exact) mass is 349 g/mol. The lowest BCUT2D eigenvalue weighted by molar-refractivity contribution is -0.704. The lowest BCUT2D eigenvalue weighted by Crippen LogP contribution is -2.37. The first kappa shape index (κ1) is 22.3. The van der Waals surface area contributed by atoms with Crippen LogP contribution in [0.1, 0.15) is 123 Å². The quantitative estimate of drug-likeness (QED) is 0.224. The maximum atomic E-state index is 2.47. The Morgan fingerprint density at radius 3 is 1.68 bits per heavy atom. The van der Waals surface area contributed by atoms with Crippen molar-refractivity contribution in [2.24, 2.45) is 0 Å². The lowest BCUT2D eigenvalue weighted by Gasteiger charge is -2.06. The van der Waals surface area contributed by atoms with Crippen molar-refractivity contribution in [1.29, 1.82) is 0 Å².